The van der Waals surface area contributed by atoms with Gasteiger partial charge in [-0.25, -0.2) is 4.98 Å². The molecule has 126 valence electrons. The molecule has 1 amide bonds. The molecule has 2 heterocycles. The van der Waals surface area contributed by atoms with Crippen LogP contribution in [-0.2, 0) is 0 Å². The fraction of sp³-hybridized carbons (Fsp3) is 0.105. The number of amides is 1. The minimum Gasteiger partial charge on any atom is -0.494 e. The number of hydrogen-bond donors (Lipinski definition) is 2. The van der Waals surface area contributed by atoms with Crippen molar-refractivity contribution in [1.82, 2.24) is 9.97 Å². The van der Waals surface area contributed by atoms with Crippen molar-refractivity contribution in [3.8, 4) is 5.75 Å². The first kappa shape index (κ1) is 16.4. The van der Waals surface area contributed by atoms with Crippen LogP contribution >= 0.6 is 0 Å². The van der Waals surface area contributed by atoms with E-state index in [4.69, 9.17) is 4.74 Å². The van der Waals surface area contributed by atoms with E-state index >= 15 is 0 Å². The molecule has 0 atom stereocenters. The molecule has 0 radical (unpaired) electrons. The maximum absolute atomic E-state index is 12.1. The molecule has 2 aromatic heterocycles. The van der Waals surface area contributed by atoms with Crippen molar-refractivity contribution in [1.29, 1.82) is 0 Å². The van der Waals surface area contributed by atoms with Crippen LogP contribution in [-0.4, -0.2) is 22.5 Å². The molecular weight excluding hydrogens is 316 g/mol. The number of nitrogens with zero attached hydrogens (tertiary/aromatic N) is 2. The molecule has 2 N–H and O–H groups in total. The summed E-state index contributed by atoms with van der Waals surface area (Å²) in [5, 5.41) is 5.98. The van der Waals surface area contributed by atoms with Gasteiger partial charge in [-0.15, -0.1) is 0 Å². The maximum Gasteiger partial charge on any atom is 0.257 e. The quantitative estimate of drug-likeness (QED) is 0.715. The van der Waals surface area contributed by atoms with Crippen LogP contribution in [0, 0.1) is 0 Å². The fourth-order valence-electron chi connectivity index (χ4n) is 2.19. The summed E-state index contributed by atoms with van der Waals surface area (Å²) in [5.74, 6) is 1.29. The van der Waals surface area contributed by atoms with E-state index < -0.39 is 0 Å². The van der Waals surface area contributed by atoms with Gasteiger partial charge >= 0.3 is 0 Å². The van der Waals surface area contributed by atoms with Gasteiger partial charge in [-0.2, -0.15) is 0 Å². The molecular formula is C19H18N4O2. The summed E-state index contributed by atoms with van der Waals surface area (Å²) in [6.07, 6.45) is 4.75. The Bertz CT molecular complexity index is 818. The molecule has 0 saturated heterocycles. The van der Waals surface area contributed by atoms with E-state index in [1.807, 2.05) is 31.2 Å². The maximum atomic E-state index is 12.1. The molecule has 0 saturated carbocycles. The molecule has 0 bridgehead atoms. The number of ether oxygens (including phenoxy) is 1. The first-order valence-corrected chi connectivity index (χ1v) is 7.92. The number of carbonyl (C=O) groups excluding carboxylic acids is 1. The lowest BCUT2D eigenvalue weighted by molar-refractivity contribution is 0.102. The Hall–Kier alpha value is -3.41. The van der Waals surface area contributed by atoms with Crippen LogP contribution in [0.25, 0.3) is 0 Å². The Morgan fingerprint density at radius 1 is 1.04 bits per heavy atom. The SMILES string of the molecule is CCOc1ccc(Nc2ccc(NC(=O)c3cccnc3)cn2)cc1. The van der Waals surface area contributed by atoms with Gasteiger partial charge < -0.3 is 15.4 Å². The lowest BCUT2D eigenvalue weighted by atomic mass is 10.2. The van der Waals surface area contributed by atoms with E-state index in [0.29, 0.717) is 23.7 Å². The minimum atomic E-state index is -0.220. The topological polar surface area (TPSA) is 76.1 Å². The van der Waals surface area contributed by atoms with Crippen molar-refractivity contribution in [2.45, 2.75) is 6.92 Å². The molecule has 0 aliphatic carbocycles. The van der Waals surface area contributed by atoms with Crippen LogP contribution in [0.2, 0.25) is 0 Å². The average Bonchev–Trinajstić information content (AvgIpc) is 2.66. The smallest absolute Gasteiger partial charge is 0.257 e. The summed E-state index contributed by atoms with van der Waals surface area (Å²) in [7, 11) is 0. The van der Waals surface area contributed by atoms with E-state index in [2.05, 4.69) is 20.6 Å². The zero-order valence-electron chi connectivity index (χ0n) is 13.8. The van der Waals surface area contributed by atoms with E-state index in [1.165, 1.54) is 6.20 Å². The van der Waals surface area contributed by atoms with Gasteiger partial charge in [0.05, 0.1) is 24.1 Å². The van der Waals surface area contributed by atoms with Crippen molar-refractivity contribution in [2.24, 2.45) is 0 Å². The van der Waals surface area contributed by atoms with E-state index in [1.54, 1.807) is 36.7 Å². The molecule has 3 rings (SSSR count). The monoisotopic (exact) mass is 334 g/mol. The summed E-state index contributed by atoms with van der Waals surface area (Å²) in [5.41, 5.74) is 2.02. The lowest BCUT2D eigenvalue weighted by Gasteiger charge is -2.09. The Kier molecular flexibility index (Phi) is 5.21. The highest BCUT2D eigenvalue weighted by atomic mass is 16.5. The average molecular weight is 334 g/mol. The van der Waals surface area contributed by atoms with Crippen LogP contribution in [0.1, 0.15) is 17.3 Å². The predicted octanol–water partition coefficient (Wildman–Crippen LogP) is 3.87. The summed E-state index contributed by atoms with van der Waals surface area (Å²) < 4.78 is 5.41. The molecule has 0 fully saturated rings. The normalized spacial score (nSPS) is 10.1. The Labute approximate surface area is 145 Å². The highest BCUT2D eigenvalue weighted by Gasteiger charge is 2.06. The van der Waals surface area contributed by atoms with Crippen molar-refractivity contribution in [3.05, 3.63) is 72.7 Å². The van der Waals surface area contributed by atoms with Crippen molar-refractivity contribution in [2.75, 3.05) is 17.2 Å². The summed E-state index contributed by atoms with van der Waals surface area (Å²) in [6, 6.07) is 14.7. The van der Waals surface area contributed by atoms with Gasteiger partial charge in [-0.3, -0.25) is 9.78 Å². The molecule has 25 heavy (non-hydrogen) atoms. The fourth-order valence-corrected chi connectivity index (χ4v) is 2.19. The zero-order valence-corrected chi connectivity index (χ0v) is 13.8. The number of carbonyl (C=O) groups is 1. The number of aromatic nitrogens is 2. The van der Waals surface area contributed by atoms with Crippen LogP contribution < -0.4 is 15.4 Å². The van der Waals surface area contributed by atoms with E-state index in [-0.39, 0.29) is 5.91 Å². The predicted molar refractivity (Wildman–Crippen MR) is 97.3 cm³/mol. The molecule has 1 aromatic carbocycles. The van der Waals surface area contributed by atoms with Gasteiger partial charge in [0, 0.05) is 18.1 Å². The molecule has 6 nitrogen and oxygen atoms in total. The minimum absolute atomic E-state index is 0.220. The van der Waals surface area contributed by atoms with Crippen molar-refractivity contribution in [3.63, 3.8) is 0 Å². The van der Waals surface area contributed by atoms with Gasteiger partial charge in [0.2, 0.25) is 0 Å². The number of anilines is 3. The second kappa shape index (κ2) is 7.92. The lowest BCUT2D eigenvalue weighted by Crippen LogP contribution is -2.12. The largest absolute Gasteiger partial charge is 0.494 e. The Morgan fingerprint density at radius 3 is 2.48 bits per heavy atom. The van der Waals surface area contributed by atoms with Crippen LogP contribution in [0.15, 0.2) is 67.1 Å². The van der Waals surface area contributed by atoms with Crippen LogP contribution in [0.5, 0.6) is 5.75 Å². The molecule has 0 aliphatic heterocycles. The highest BCUT2D eigenvalue weighted by molar-refractivity contribution is 6.03. The number of hydrogen-bond acceptors (Lipinski definition) is 5. The third-order valence-corrected chi connectivity index (χ3v) is 3.38. The van der Waals surface area contributed by atoms with Gasteiger partial charge in [-0.05, 0) is 55.5 Å². The third-order valence-electron chi connectivity index (χ3n) is 3.38. The van der Waals surface area contributed by atoms with Gasteiger partial charge in [0.25, 0.3) is 5.91 Å². The molecule has 0 unspecified atom stereocenters. The zero-order chi connectivity index (χ0) is 17.5. The molecule has 3 aromatic rings. The number of rotatable bonds is 6. The number of pyridine rings is 2. The van der Waals surface area contributed by atoms with Gasteiger partial charge in [0.1, 0.15) is 11.6 Å². The van der Waals surface area contributed by atoms with Gasteiger partial charge in [0.15, 0.2) is 0 Å². The number of benzene rings is 1. The van der Waals surface area contributed by atoms with Gasteiger partial charge in [-0.1, -0.05) is 0 Å². The van der Waals surface area contributed by atoms with E-state index in [9.17, 15) is 4.79 Å². The first-order valence-electron chi connectivity index (χ1n) is 7.92. The second-order valence-electron chi connectivity index (χ2n) is 5.21. The van der Waals surface area contributed by atoms with Crippen molar-refractivity contribution >= 4 is 23.1 Å². The molecule has 0 spiro atoms. The summed E-state index contributed by atoms with van der Waals surface area (Å²) in [6.45, 7) is 2.59. The first-order chi connectivity index (χ1) is 12.2. The standard InChI is InChI=1S/C19H18N4O2/c1-2-25-17-8-5-15(6-9-17)22-18-10-7-16(13-21-18)23-19(24)14-4-3-11-20-12-14/h3-13H,2H2,1H3,(H,21,22)(H,23,24). The van der Waals surface area contributed by atoms with Crippen LogP contribution in [0.4, 0.5) is 17.2 Å². The van der Waals surface area contributed by atoms with E-state index in [0.717, 1.165) is 11.4 Å². The number of nitrogens with one attached hydrogen (secondary N) is 2. The Morgan fingerprint density at radius 2 is 1.84 bits per heavy atom. The molecule has 6 heteroatoms. The summed E-state index contributed by atoms with van der Waals surface area (Å²) in [4.78, 5) is 20.3. The second-order valence-corrected chi connectivity index (χ2v) is 5.21. The highest BCUT2D eigenvalue weighted by Crippen LogP contribution is 2.20. The summed E-state index contributed by atoms with van der Waals surface area (Å²) >= 11 is 0. The third kappa shape index (κ3) is 4.54. The molecule has 0 aliphatic rings. The van der Waals surface area contributed by atoms with Crippen LogP contribution in [0.3, 0.4) is 0 Å². The van der Waals surface area contributed by atoms with Crippen molar-refractivity contribution < 1.29 is 9.53 Å². The Balaban J connectivity index is 1.61.